The molecule has 0 bridgehead atoms. The number of imidazole rings is 1. The molecule has 2 saturated carbocycles. The molecule has 2 aromatic rings. The van der Waals surface area contributed by atoms with Crippen molar-refractivity contribution in [1.82, 2.24) is 15.3 Å². The lowest BCUT2D eigenvalue weighted by molar-refractivity contribution is -0.122. The van der Waals surface area contributed by atoms with Gasteiger partial charge in [-0.2, -0.15) is 0 Å². The van der Waals surface area contributed by atoms with E-state index in [1.165, 1.54) is 31.2 Å². The first-order valence-electron chi connectivity index (χ1n) is 11.5. The van der Waals surface area contributed by atoms with E-state index >= 15 is 0 Å². The third kappa shape index (κ3) is 5.21. The van der Waals surface area contributed by atoms with Crippen LogP contribution in [0.4, 0.5) is 0 Å². The molecule has 1 saturated heterocycles. The minimum Gasteiger partial charge on any atom is -0.372 e. The number of carbonyl (C=O) groups excluding carboxylic acids is 2. The van der Waals surface area contributed by atoms with Gasteiger partial charge in [0.25, 0.3) is 0 Å². The summed E-state index contributed by atoms with van der Waals surface area (Å²) in [6, 6.07) is 6.49. The van der Waals surface area contributed by atoms with E-state index in [1.54, 1.807) is 0 Å². The quantitative estimate of drug-likeness (QED) is 0.627. The number of hydrogen-bond donors (Lipinski definition) is 3. The molecule has 4 N–H and O–H groups in total. The normalized spacial score (nSPS) is 21.3. The van der Waals surface area contributed by atoms with Crippen molar-refractivity contribution >= 4 is 23.4 Å². The molecule has 0 radical (unpaired) electrons. The summed E-state index contributed by atoms with van der Waals surface area (Å²) < 4.78 is 0. The Kier molecular flexibility index (Phi) is 7.51. The molecular formula is C24H36N4O2. The highest BCUT2D eigenvalue weighted by Gasteiger charge is 2.41. The number of benzene rings is 1. The lowest BCUT2D eigenvalue weighted by Gasteiger charge is -2.17. The predicted molar refractivity (Wildman–Crippen MR) is 120 cm³/mol. The molecule has 2 unspecified atom stereocenters. The predicted octanol–water partition coefficient (Wildman–Crippen LogP) is 3.91. The molecule has 2 amide bonds. The number of nitrogens with zero attached hydrogens (tertiary/aromatic N) is 1. The van der Waals surface area contributed by atoms with Crippen LogP contribution < -0.4 is 11.1 Å². The van der Waals surface area contributed by atoms with Crippen molar-refractivity contribution in [2.75, 3.05) is 6.54 Å². The van der Waals surface area contributed by atoms with Crippen molar-refractivity contribution in [3.05, 3.63) is 29.6 Å². The molecule has 1 aromatic heterocycles. The Hall–Kier alpha value is -2.37. The number of aromatic amines is 1. The summed E-state index contributed by atoms with van der Waals surface area (Å²) in [6.45, 7) is 6.98. The minimum absolute atomic E-state index is 0.106. The van der Waals surface area contributed by atoms with Gasteiger partial charge in [0.2, 0.25) is 12.3 Å². The van der Waals surface area contributed by atoms with E-state index in [1.807, 2.05) is 13.8 Å². The Labute approximate surface area is 179 Å². The Morgan fingerprint density at radius 3 is 2.33 bits per heavy atom. The van der Waals surface area contributed by atoms with Crippen LogP contribution in [0, 0.1) is 23.7 Å². The summed E-state index contributed by atoms with van der Waals surface area (Å²) in [7, 11) is 0. The first kappa shape index (κ1) is 22.3. The smallest absolute Gasteiger partial charge is 0.223 e. The number of hydrogen-bond acceptors (Lipinski definition) is 3. The van der Waals surface area contributed by atoms with E-state index < -0.39 is 0 Å². The zero-order valence-electron chi connectivity index (χ0n) is 18.5. The molecule has 3 aliphatic rings. The number of primary amides is 1. The van der Waals surface area contributed by atoms with Crippen molar-refractivity contribution in [3.8, 4) is 0 Å². The third-order valence-corrected chi connectivity index (χ3v) is 6.66. The summed E-state index contributed by atoms with van der Waals surface area (Å²) in [4.78, 5) is 29.0. The van der Waals surface area contributed by atoms with E-state index in [0.29, 0.717) is 0 Å². The monoisotopic (exact) mass is 412 g/mol. The van der Waals surface area contributed by atoms with Gasteiger partial charge in [0.15, 0.2) is 0 Å². The molecule has 164 valence electrons. The summed E-state index contributed by atoms with van der Waals surface area (Å²) in [6.07, 6.45) is 7.99. The van der Waals surface area contributed by atoms with Crippen LogP contribution in [0.5, 0.6) is 0 Å². The molecule has 2 heterocycles. The van der Waals surface area contributed by atoms with Crippen LogP contribution in [-0.2, 0) is 16.0 Å². The van der Waals surface area contributed by atoms with E-state index in [4.69, 9.17) is 9.78 Å². The lowest BCUT2D eigenvalue weighted by atomic mass is 9.86. The molecule has 2 aliphatic carbocycles. The fourth-order valence-corrected chi connectivity index (χ4v) is 4.77. The summed E-state index contributed by atoms with van der Waals surface area (Å²) >= 11 is 0. The second-order valence-corrected chi connectivity index (χ2v) is 8.61. The average molecular weight is 413 g/mol. The van der Waals surface area contributed by atoms with Gasteiger partial charge < -0.3 is 16.0 Å². The number of carbonyl (C=O) groups is 2. The van der Waals surface area contributed by atoms with Gasteiger partial charge in [0, 0.05) is 18.9 Å². The molecule has 2 atom stereocenters. The van der Waals surface area contributed by atoms with E-state index in [-0.39, 0.29) is 24.2 Å². The highest BCUT2D eigenvalue weighted by molar-refractivity contribution is 5.82. The van der Waals surface area contributed by atoms with Crippen LogP contribution >= 0.6 is 0 Å². The average Bonchev–Trinajstić information content (AvgIpc) is 3.68. The molecule has 3 fully saturated rings. The number of aromatic nitrogens is 2. The van der Waals surface area contributed by atoms with E-state index in [0.717, 1.165) is 54.0 Å². The number of nitrogens with one attached hydrogen (secondary N) is 2. The zero-order chi connectivity index (χ0) is 21.7. The summed E-state index contributed by atoms with van der Waals surface area (Å²) in [5, 5.41) is 2.96. The van der Waals surface area contributed by atoms with Gasteiger partial charge in [-0.25, -0.2) is 4.98 Å². The molecule has 30 heavy (non-hydrogen) atoms. The second-order valence-electron chi connectivity index (χ2n) is 8.61. The summed E-state index contributed by atoms with van der Waals surface area (Å²) in [5.41, 5.74) is 7.60. The number of rotatable bonds is 6. The van der Waals surface area contributed by atoms with Crippen LogP contribution in [0.3, 0.4) is 0 Å². The van der Waals surface area contributed by atoms with Crippen molar-refractivity contribution in [1.29, 1.82) is 0 Å². The SMILES string of the molecule is CC.CC(c1ccc2nc(CC(C3CC3)C3CC3)[nH]c2c1)C1CCNC1=O.NC=O. The van der Waals surface area contributed by atoms with Gasteiger partial charge in [0.05, 0.1) is 11.0 Å². The molecule has 6 nitrogen and oxygen atoms in total. The first-order chi connectivity index (χ1) is 14.6. The lowest BCUT2D eigenvalue weighted by Crippen LogP contribution is -2.22. The van der Waals surface area contributed by atoms with Crippen LogP contribution in [0.1, 0.15) is 70.2 Å². The van der Waals surface area contributed by atoms with Crippen molar-refractivity contribution < 1.29 is 9.59 Å². The Bertz CT molecular complexity index is 842. The highest BCUT2D eigenvalue weighted by atomic mass is 16.2. The maximum atomic E-state index is 12.0. The number of fused-ring (bicyclic) bond motifs is 1. The third-order valence-electron chi connectivity index (χ3n) is 6.66. The van der Waals surface area contributed by atoms with Gasteiger partial charge in [-0.05, 0) is 73.5 Å². The maximum absolute atomic E-state index is 12.0. The molecule has 1 aromatic carbocycles. The number of H-pyrrole nitrogens is 1. The van der Waals surface area contributed by atoms with Crippen LogP contribution in [0.25, 0.3) is 11.0 Å². The van der Waals surface area contributed by atoms with Crippen LogP contribution in [-0.4, -0.2) is 28.8 Å². The van der Waals surface area contributed by atoms with Crippen LogP contribution in [0.15, 0.2) is 18.2 Å². The Balaban J connectivity index is 0.000000473. The number of amides is 2. The standard InChI is InChI=1S/C21H27N3O.C2H6.CH3NO/c1-12(16-8-9-22-21(16)25)15-6-7-18-19(10-15)24-20(23-18)11-17(13-2-3-13)14-4-5-14;1-2;2-1-3/h6-7,10,12-14,16-17H,2-5,8-9,11H2,1H3,(H,22,25)(H,23,24);1-2H3;1H,(H2,2,3). The molecule has 1 aliphatic heterocycles. The maximum Gasteiger partial charge on any atom is 0.223 e. The minimum atomic E-state index is 0.106. The Morgan fingerprint density at radius 2 is 1.80 bits per heavy atom. The van der Waals surface area contributed by atoms with Gasteiger partial charge in [0.1, 0.15) is 5.82 Å². The first-order valence-corrected chi connectivity index (χ1v) is 11.5. The topological polar surface area (TPSA) is 101 Å². The van der Waals surface area contributed by atoms with Gasteiger partial charge in [-0.3, -0.25) is 9.59 Å². The van der Waals surface area contributed by atoms with Crippen molar-refractivity contribution in [3.63, 3.8) is 0 Å². The second kappa shape index (κ2) is 10.1. The zero-order valence-corrected chi connectivity index (χ0v) is 18.5. The molecule has 6 heteroatoms. The van der Waals surface area contributed by atoms with Crippen molar-refractivity contribution in [2.45, 2.75) is 65.2 Å². The van der Waals surface area contributed by atoms with E-state index in [2.05, 4.69) is 41.2 Å². The fourth-order valence-electron chi connectivity index (χ4n) is 4.77. The highest BCUT2D eigenvalue weighted by Crippen LogP contribution is 2.50. The van der Waals surface area contributed by atoms with Crippen molar-refractivity contribution in [2.24, 2.45) is 29.4 Å². The van der Waals surface area contributed by atoms with E-state index in [9.17, 15) is 4.79 Å². The van der Waals surface area contributed by atoms with Crippen LogP contribution in [0.2, 0.25) is 0 Å². The molecule has 5 rings (SSSR count). The molecule has 0 spiro atoms. The molecular weight excluding hydrogens is 376 g/mol. The Morgan fingerprint density at radius 1 is 1.17 bits per heavy atom. The van der Waals surface area contributed by atoms with Gasteiger partial charge >= 0.3 is 0 Å². The largest absolute Gasteiger partial charge is 0.372 e. The number of nitrogens with two attached hydrogens (primary N) is 1. The summed E-state index contributed by atoms with van der Waals surface area (Å²) in [5.74, 6) is 4.48. The fraction of sp³-hybridized carbons (Fsp3) is 0.625. The van der Waals surface area contributed by atoms with Gasteiger partial charge in [-0.1, -0.05) is 26.8 Å². The van der Waals surface area contributed by atoms with Gasteiger partial charge in [-0.15, -0.1) is 0 Å².